The molecule has 0 amide bonds. The molecule has 1 N–H and O–H groups in total. The molecule has 0 aromatic carbocycles. The fourth-order valence-corrected chi connectivity index (χ4v) is 2.40. The van der Waals surface area contributed by atoms with Gasteiger partial charge in [0.15, 0.2) is 0 Å². The number of rotatable bonds is 11. The summed E-state index contributed by atoms with van der Waals surface area (Å²) in [7, 11) is 0. The van der Waals surface area contributed by atoms with E-state index in [9.17, 15) is 5.11 Å². The summed E-state index contributed by atoms with van der Waals surface area (Å²) in [5.74, 6) is 0.747. The zero-order valence-electron chi connectivity index (χ0n) is 14.0. The Labute approximate surface area is 121 Å². The molecule has 0 aromatic heterocycles. The normalized spacial score (nSPS) is 15.8. The molecule has 0 radical (unpaired) electrons. The molecule has 1 atom stereocenters. The maximum absolute atomic E-state index is 10.3. The smallest absolute Gasteiger partial charge is 0.0622 e. The quantitative estimate of drug-likeness (QED) is 0.367. The summed E-state index contributed by atoms with van der Waals surface area (Å²) >= 11 is 0. The van der Waals surface area contributed by atoms with E-state index in [-0.39, 0.29) is 0 Å². The third-order valence-electron chi connectivity index (χ3n) is 3.85. The van der Waals surface area contributed by atoms with Gasteiger partial charge in [0.05, 0.1) is 5.60 Å². The fraction of sp³-hybridized carbons (Fsp3) is 0.889. The Bertz CT molecular complexity index is 238. The summed E-state index contributed by atoms with van der Waals surface area (Å²) in [4.78, 5) is 0. The summed E-state index contributed by atoms with van der Waals surface area (Å²) in [5, 5.41) is 10.3. The average molecular weight is 268 g/mol. The van der Waals surface area contributed by atoms with Crippen LogP contribution in [-0.4, -0.2) is 10.7 Å². The van der Waals surface area contributed by atoms with Crippen LogP contribution in [0.5, 0.6) is 0 Å². The van der Waals surface area contributed by atoms with Crippen LogP contribution in [0.4, 0.5) is 0 Å². The first-order chi connectivity index (χ1) is 8.87. The molecule has 0 saturated carbocycles. The van der Waals surface area contributed by atoms with E-state index in [1.807, 2.05) is 6.92 Å². The van der Waals surface area contributed by atoms with Crippen LogP contribution in [0.1, 0.15) is 92.4 Å². The van der Waals surface area contributed by atoms with Gasteiger partial charge in [-0.15, -0.1) is 0 Å². The lowest BCUT2D eigenvalue weighted by Crippen LogP contribution is -2.23. The summed E-state index contributed by atoms with van der Waals surface area (Å²) < 4.78 is 0. The molecular formula is C18H36O. The lowest BCUT2D eigenvalue weighted by Gasteiger charge is -2.23. The first-order valence-electron chi connectivity index (χ1n) is 8.25. The maximum atomic E-state index is 10.3. The van der Waals surface area contributed by atoms with E-state index < -0.39 is 5.60 Å². The van der Waals surface area contributed by atoms with E-state index in [0.717, 1.165) is 31.6 Å². The minimum Gasteiger partial charge on any atom is -0.390 e. The Balaban J connectivity index is 3.79. The van der Waals surface area contributed by atoms with E-state index in [4.69, 9.17) is 0 Å². The number of aliphatic hydroxyl groups is 1. The van der Waals surface area contributed by atoms with Crippen LogP contribution in [0, 0.1) is 5.92 Å². The van der Waals surface area contributed by atoms with E-state index in [1.165, 1.54) is 37.7 Å². The lowest BCUT2D eigenvalue weighted by atomic mass is 9.91. The number of unbranched alkanes of at least 4 members (excludes halogenated alkanes) is 2. The van der Waals surface area contributed by atoms with Crippen LogP contribution >= 0.6 is 0 Å². The predicted molar refractivity (Wildman–Crippen MR) is 86.4 cm³/mol. The van der Waals surface area contributed by atoms with Crippen LogP contribution in [0.3, 0.4) is 0 Å². The third-order valence-corrected chi connectivity index (χ3v) is 3.85. The molecule has 0 rings (SSSR count). The van der Waals surface area contributed by atoms with Crippen molar-refractivity contribution in [1.29, 1.82) is 0 Å². The molecule has 0 heterocycles. The van der Waals surface area contributed by atoms with Gasteiger partial charge in [0.1, 0.15) is 0 Å². The van der Waals surface area contributed by atoms with E-state index in [2.05, 4.69) is 33.8 Å². The standard InChI is InChI=1S/C18H36O/c1-6-7-8-12-17(4)13-10-15-18(5,19)14-9-11-16(2)3/h13,16,19H,6-12,14-15H2,1-5H3/b17-13+. The highest BCUT2D eigenvalue weighted by molar-refractivity contribution is 4.98. The largest absolute Gasteiger partial charge is 0.390 e. The van der Waals surface area contributed by atoms with Gasteiger partial charge in [-0.3, -0.25) is 0 Å². The second-order valence-electron chi connectivity index (χ2n) is 6.83. The first-order valence-corrected chi connectivity index (χ1v) is 8.25. The highest BCUT2D eigenvalue weighted by Crippen LogP contribution is 2.22. The Morgan fingerprint density at radius 1 is 1.16 bits per heavy atom. The summed E-state index contributed by atoms with van der Waals surface area (Å²) in [6.07, 6.45) is 12.7. The minimum absolute atomic E-state index is 0.477. The zero-order chi connectivity index (χ0) is 14.7. The van der Waals surface area contributed by atoms with Crippen molar-refractivity contribution in [3.8, 4) is 0 Å². The predicted octanol–water partition coefficient (Wildman–Crippen LogP) is 5.87. The van der Waals surface area contributed by atoms with Gasteiger partial charge in [0.2, 0.25) is 0 Å². The number of hydrogen-bond donors (Lipinski definition) is 1. The van der Waals surface area contributed by atoms with Crippen molar-refractivity contribution >= 4 is 0 Å². The molecule has 19 heavy (non-hydrogen) atoms. The van der Waals surface area contributed by atoms with Crippen LogP contribution in [0.15, 0.2) is 11.6 Å². The van der Waals surface area contributed by atoms with Crippen molar-refractivity contribution in [3.63, 3.8) is 0 Å². The van der Waals surface area contributed by atoms with Crippen molar-refractivity contribution in [3.05, 3.63) is 11.6 Å². The minimum atomic E-state index is -0.477. The molecule has 1 unspecified atom stereocenters. The highest BCUT2D eigenvalue weighted by atomic mass is 16.3. The molecule has 0 spiro atoms. The van der Waals surface area contributed by atoms with E-state index in [0.29, 0.717) is 0 Å². The lowest BCUT2D eigenvalue weighted by molar-refractivity contribution is 0.0395. The van der Waals surface area contributed by atoms with Crippen molar-refractivity contribution in [1.82, 2.24) is 0 Å². The van der Waals surface area contributed by atoms with Gasteiger partial charge in [0.25, 0.3) is 0 Å². The Hall–Kier alpha value is -0.300. The molecular weight excluding hydrogens is 232 g/mol. The van der Waals surface area contributed by atoms with E-state index >= 15 is 0 Å². The summed E-state index contributed by atoms with van der Waals surface area (Å²) in [6.45, 7) is 11.0. The van der Waals surface area contributed by atoms with Gasteiger partial charge >= 0.3 is 0 Å². The van der Waals surface area contributed by atoms with E-state index in [1.54, 1.807) is 0 Å². The molecule has 0 bridgehead atoms. The molecule has 0 aliphatic heterocycles. The maximum Gasteiger partial charge on any atom is 0.0622 e. The van der Waals surface area contributed by atoms with Crippen molar-refractivity contribution < 1.29 is 5.11 Å². The average Bonchev–Trinajstić information content (AvgIpc) is 2.28. The fourth-order valence-electron chi connectivity index (χ4n) is 2.40. The van der Waals surface area contributed by atoms with Crippen molar-refractivity contribution in [2.75, 3.05) is 0 Å². The summed E-state index contributed by atoms with van der Waals surface area (Å²) in [6, 6.07) is 0. The third kappa shape index (κ3) is 12.5. The zero-order valence-corrected chi connectivity index (χ0v) is 14.0. The van der Waals surface area contributed by atoms with Crippen LogP contribution in [-0.2, 0) is 0 Å². The van der Waals surface area contributed by atoms with Crippen molar-refractivity contribution in [2.45, 2.75) is 98.0 Å². The molecule has 0 fully saturated rings. The van der Waals surface area contributed by atoms with Crippen molar-refractivity contribution in [2.24, 2.45) is 5.92 Å². The van der Waals surface area contributed by atoms with Gasteiger partial charge < -0.3 is 5.11 Å². The van der Waals surface area contributed by atoms with Crippen LogP contribution in [0.25, 0.3) is 0 Å². The van der Waals surface area contributed by atoms with Crippen LogP contribution < -0.4 is 0 Å². The molecule has 0 aliphatic rings. The molecule has 1 heteroatoms. The Kier molecular flexibility index (Phi) is 10.3. The summed E-state index contributed by atoms with van der Waals surface area (Å²) in [5.41, 5.74) is 1.01. The molecule has 0 aliphatic carbocycles. The Morgan fingerprint density at radius 2 is 1.84 bits per heavy atom. The molecule has 0 aromatic rings. The van der Waals surface area contributed by atoms with Gasteiger partial charge in [0, 0.05) is 0 Å². The molecule has 114 valence electrons. The Morgan fingerprint density at radius 3 is 2.42 bits per heavy atom. The molecule has 1 nitrogen and oxygen atoms in total. The second-order valence-corrected chi connectivity index (χ2v) is 6.83. The molecule has 0 saturated heterocycles. The topological polar surface area (TPSA) is 20.2 Å². The monoisotopic (exact) mass is 268 g/mol. The van der Waals surface area contributed by atoms with Gasteiger partial charge in [-0.25, -0.2) is 0 Å². The van der Waals surface area contributed by atoms with Gasteiger partial charge in [-0.1, -0.05) is 58.1 Å². The van der Waals surface area contributed by atoms with Gasteiger partial charge in [-0.05, 0) is 51.9 Å². The SMILES string of the molecule is CCCCC/C(C)=C/CCC(C)(O)CCCC(C)C. The number of hydrogen-bond acceptors (Lipinski definition) is 1. The second kappa shape index (κ2) is 10.5. The highest BCUT2D eigenvalue weighted by Gasteiger charge is 2.18. The van der Waals surface area contributed by atoms with Crippen LogP contribution in [0.2, 0.25) is 0 Å². The number of allylic oxidation sites excluding steroid dienone is 2. The van der Waals surface area contributed by atoms with Gasteiger partial charge in [-0.2, -0.15) is 0 Å². The first kappa shape index (κ1) is 18.7.